The smallest absolute Gasteiger partial charge is 0.250 e. The Labute approximate surface area is 156 Å². The molecule has 1 aromatic carbocycles. The van der Waals surface area contributed by atoms with Crippen molar-refractivity contribution >= 4 is 35.0 Å². The Morgan fingerprint density at radius 1 is 1.27 bits per heavy atom. The predicted octanol–water partition coefficient (Wildman–Crippen LogP) is 1.12. The minimum atomic E-state index is -1.26. The molecule has 4 atom stereocenters. The third-order valence-corrected chi connectivity index (χ3v) is 5.98. The number of amides is 3. The topological polar surface area (TPSA) is 87.7 Å². The molecule has 2 N–H and O–H groups in total. The lowest BCUT2D eigenvalue weighted by Crippen LogP contribution is -2.53. The standard InChI is InChI=1S/C18H20ClN3O4/c1-9-12-13(16(24)22(15(12)23)7-4-8-26-2)18(21-9)10-5-3-6-11(19)14(10)20-17(18)25/h3,5-6,9,12-13,21H,4,7-8H2,1-2H3,(H,20,25)/t9-,12-,13-,18-/m0/s1. The second kappa shape index (κ2) is 6.04. The van der Waals surface area contributed by atoms with E-state index in [0.29, 0.717) is 35.8 Å². The minimum Gasteiger partial charge on any atom is -0.385 e. The van der Waals surface area contributed by atoms with Crippen LogP contribution in [0.15, 0.2) is 18.2 Å². The molecule has 2 saturated heterocycles. The fraction of sp³-hybridized carbons (Fsp3) is 0.500. The van der Waals surface area contributed by atoms with E-state index in [1.54, 1.807) is 25.3 Å². The fourth-order valence-electron chi connectivity index (χ4n) is 4.60. The highest BCUT2D eigenvalue weighted by Crippen LogP contribution is 2.53. The third kappa shape index (κ3) is 2.11. The highest BCUT2D eigenvalue weighted by Gasteiger charge is 2.69. The average Bonchev–Trinajstić information content (AvgIpc) is 3.16. The van der Waals surface area contributed by atoms with E-state index in [1.165, 1.54) is 4.90 Å². The number of likely N-dealkylation sites (tertiary alicyclic amines) is 1. The number of ether oxygens (including phenoxy) is 1. The molecule has 2 fully saturated rings. The molecule has 0 bridgehead atoms. The number of rotatable bonds is 4. The number of hydrogen-bond acceptors (Lipinski definition) is 5. The summed E-state index contributed by atoms with van der Waals surface area (Å²) in [5.74, 6) is -2.21. The Kier molecular flexibility index (Phi) is 4.06. The molecule has 0 saturated carbocycles. The number of fused-ring (bicyclic) bond motifs is 4. The van der Waals surface area contributed by atoms with Gasteiger partial charge in [0.15, 0.2) is 0 Å². The largest absolute Gasteiger partial charge is 0.385 e. The molecule has 3 amide bonds. The van der Waals surface area contributed by atoms with Crippen molar-refractivity contribution in [1.82, 2.24) is 10.2 Å². The highest BCUT2D eigenvalue weighted by atomic mass is 35.5. The van der Waals surface area contributed by atoms with E-state index < -0.39 is 17.4 Å². The van der Waals surface area contributed by atoms with Crippen molar-refractivity contribution < 1.29 is 19.1 Å². The molecule has 3 heterocycles. The SMILES string of the molecule is COCCCN1C(=O)[C@H]2[C@H](C)N[C@]3(C(=O)Nc4c(Cl)cccc43)[C@@H]2C1=O. The molecule has 138 valence electrons. The van der Waals surface area contributed by atoms with Gasteiger partial charge in [-0.3, -0.25) is 24.6 Å². The van der Waals surface area contributed by atoms with Crippen LogP contribution in [0, 0.1) is 11.8 Å². The zero-order valence-corrected chi connectivity index (χ0v) is 15.3. The molecule has 1 aromatic rings. The van der Waals surface area contributed by atoms with Crippen molar-refractivity contribution in [3.8, 4) is 0 Å². The molecule has 26 heavy (non-hydrogen) atoms. The van der Waals surface area contributed by atoms with Crippen molar-refractivity contribution in [2.45, 2.75) is 24.9 Å². The van der Waals surface area contributed by atoms with E-state index >= 15 is 0 Å². The number of methoxy groups -OCH3 is 1. The summed E-state index contributed by atoms with van der Waals surface area (Å²) in [5.41, 5.74) is -0.112. The number of hydrogen-bond donors (Lipinski definition) is 2. The van der Waals surface area contributed by atoms with E-state index in [2.05, 4.69) is 10.6 Å². The first-order chi connectivity index (χ1) is 12.4. The van der Waals surface area contributed by atoms with E-state index in [0.717, 1.165) is 0 Å². The summed E-state index contributed by atoms with van der Waals surface area (Å²) in [5, 5.41) is 6.46. The first-order valence-electron chi connectivity index (χ1n) is 8.65. The van der Waals surface area contributed by atoms with Gasteiger partial charge in [0, 0.05) is 31.9 Å². The quantitative estimate of drug-likeness (QED) is 0.606. The molecule has 3 aliphatic heterocycles. The normalized spacial score (nSPS) is 32.3. The molecule has 7 nitrogen and oxygen atoms in total. The minimum absolute atomic E-state index is 0.226. The first kappa shape index (κ1) is 17.5. The van der Waals surface area contributed by atoms with Crippen molar-refractivity contribution in [3.63, 3.8) is 0 Å². The number of halogens is 1. The van der Waals surface area contributed by atoms with Crippen LogP contribution in [0.5, 0.6) is 0 Å². The highest BCUT2D eigenvalue weighted by molar-refractivity contribution is 6.35. The molecule has 8 heteroatoms. The zero-order valence-electron chi connectivity index (χ0n) is 14.5. The molecule has 3 aliphatic rings. The molecule has 0 aromatic heterocycles. The number of carbonyl (C=O) groups excluding carboxylic acids is 3. The number of imide groups is 1. The third-order valence-electron chi connectivity index (χ3n) is 5.67. The summed E-state index contributed by atoms with van der Waals surface area (Å²) in [4.78, 5) is 40.3. The molecule has 0 aliphatic carbocycles. The van der Waals surface area contributed by atoms with Gasteiger partial charge in [-0.2, -0.15) is 0 Å². The van der Waals surface area contributed by atoms with Crippen LogP contribution in [0.2, 0.25) is 5.02 Å². The summed E-state index contributed by atoms with van der Waals surface area (Å²) < 4.78 is 5.02. The van der Waals surface area contributed by atoms with Crippen molar-refractivity contribution in [2.24, 2.45) is 11.8 Å². The van der Waals surface area contributed by atoms with Crippen molar-refractivity contribution in [3.05, 3.63) is 28.8 Å². The van der Waals surface area contributed by atoms with Crippen LogP contribution in [0.4, 0.5) is 5.69 Å². The van der Waals surface area contributed by atoms with Gasteiger partial charge in [0.25, 0.3) is 0 Å². The Hall–Kier alpha value is -1.96. The predicted molar refractivity (Wildman–Crippen MR) is 94.6 cm³/mol. The summed E-state index contributed by atoms with van der Waals surface area (Å²) in [7, 11) is 1.58. The van der Waals surface area contributed by atoms with Gasteiger partial charge in [-0.15, -0.1) is 0 Å². The van der Waals surface area contributed by atoms with Crippen LogP contribution < -0.4 is 10.6 Å². The second-order valence-corrected chi connectivity index (χ2v) is 7.44. The van der Waals surface area contributed by atoms with Crippen LogP contribution in [0.25, 0.3) is 0 Å². The van der Waals surface area contributed by atoms with Gasteiger partial charge in [-0.25, -0.2) is 0 Å². The number of benzene rings is 1. The molecular weight excluding hydrogens is 358 g/mol. The Balaban J connectivity index is 1.77. The number of anilines is 1. The Morgan fingerprint density at radius 2 is 2.04 bits per heavy atom. The van der Waals surface area contributed by atoms with Gasteiger partial charge in [0.1, 0.15) is 5.54 Å². The molecule has 4 rings (SSSR count). The molecular formula is C18H20ClN3O4. The van der Waals surface area contributed by atoms with E-state index in [1.807, 2.05) is 6.92 Å². The summed E-state index contributed by atoms with van der Waals surface area (Å²) in [6.07, 6.45) is 0.566. The lowest BCUT2D eigenvalue weighted by molar-refractivity contribution is -0.143. The maximum absolute atomic E-state index is 13.1. The van der Waals surface area contributed by atoms with Gasteiger partial charge >= 0.3 is 0 Å². The maximum Gasteiger partial charge on any atom is 0.250 e. The average molecular weight is 378 g/mol. The number of nitrogens with one attached hydrogen (secondary N) is 2. The van der Waals surface area contributed by atoms with Gasteiger partial charge in [-0.05, 0) is 19.4 Å². The summed E-state index contributed by atoms with van der Waals surface area (Å²) in [6, 6.07) is 4.92. The van der Waals surface area contributed by atoms with Crippen LogP contribution in [0.3, 0.4) is 0 Å². The van der Waals surface area contributed by atoms with E-state index in [4.69, 9.17) is 16.3 Å². The molecule has 0 unspecified atom stereocenters. The van der Waals surface area contributed by atoms with Crippen LogP contribution >= 0.6 is 11.6 Å². The number of nitrogens with zero attached hydrogens (tertiary/aromatic N) is 1. The second-order valence-electron chi connectivity index (χ2n) is 7.04. The van der Waals surface area contributed by atoms with Crippen LogP contribution in [0.1, 0.15) is 18.9 Å². The van der Waals surface area contributed by atoms with Gasteiger partial charge in [0.2, 0.25) is 17.7 Å². The van der Waals surface area contributed by atoms with Gasteiger partial charge in [0.05, 0.1) is 22.5 Å². The van der Waals surface area contributed by atoms with Crippen LogP contribution in [-0.2, 0) is 24.7 Å². The van der Waals surface area contributed by atoms with Gasteiger partial charge in [-0.1, -0.05) is 23.7 Å². The van der Waals surface area contributed by atoms with E-state index in [-0.39, 0.29) is 23.8 Å². The van der Waals surface area contributed by atoms with Crippen molar-refractivity contribution in [2.75, 3.05) is 25.6 Å². The monoisotopic (exact) mass is 377 g/mol. The number of carbonyl (C=O) groups is 3. The first-order valence-corrected chi connectivity index (χ1v) is 9.03. The fourth-order valence-corrected chi connectivity index (χ4v) is 4.82. The maximum atomic E-state index is 13.1. The lowest BCUT2D eigenvalue weighted by atomic mass is 9.76. The Morgan fingerprint density at radius 3 is 2.77 bits per heavy atom. The molecule has 1 spiro atoms. The lowest BCUT2D eigenvalue weighted by Gasteiger charge is -2.29. The zero-order chi connectivity index (χ0) is 18.6. The summed E-state index contributed by atoms with van der Waals surface area (Å²) in [6.45, 7) is 2.60. The molecule has 0 radical (unpaired) electrons. The van der Waals surface area contributed by atoms with Crippen LogP contribution in [-0.4, -0.2) is 48.9 Å². The van der Waals surface area contributed by atoms with E-state index in [9.17, 15) is 14.4 Å². The summed E-state index contributed by atoms with van der Waals surface area (Å²) >= 11 is 6.24. The van der Waals surface area contributed by atoms with Gasteiger partial charge < -0.3 is 10.1 Å². The number of para-hydroxylation sites is 1. The Bertz CT molecular complexity index is 814. The van der Waals surface area contributed by atoms with Crippen molar-refractivity contribution in [1.29, 1.82) is 0 Å².